The summed E-state index contributed by atoms with van der Waals surface area (Å²) in [6.45, 7) is 8.73. The lowest BCUT2D eigenvalue weighted by Gasteiger charge is -2.30. The summed E-state index contributed by atoms with van der Waals surface area (Å²) in [5.41, 5.74) is 0.994. The highest BCUT2D eigenvalue weighted by Gasteiger charge is 2.34. The second kappa shape index (κ2) is 14.0. The van der Waals surface area contributed by atoms with Crippen molar-refractivity contribution in [2.24, 2.45) is 0 Å². The van der Waals surface area contributed by atoms with Crippen LogP contribution in [0, 0.1) is 0 Å². The highest BCUT2D eigenvalue weighted by atomic mass is 16.6. The van der Waals surface area contributed by atoms with Gasteiger partial charge in [-0.25, -0.2) is 9.59 Å². The Morgan fingerprint density at radius 3 is 1.94 bits per heavy atom. The number of rotatable bonds is 10. The summed E-state index contributed by atoms with van der Waals surface area (Å²) in [5, 5.41) is 10.9. The lowest BCUT2D eigenvalue weighted by atomic mass is 9.98. The number of carbonyl (C=O) groups excluding carboxylic acids is 3. The SMILES string of the molecule is CC(C)OC(=O)c1noc([C@@H](Cc2ccc3ccccc3c2)N(C)C(=O)[C@@H](Cc2ccc3ccccc3c2)NC(=O)OC(C)(C)C)n1. The lowest BCUT2D eigenvalue weighted by Crippen LogP contribution is -2.50. The minimum absolute atomic E-state index is 0.0615. The quantitative estimate of drug-likeness (QED) is 0.166. The van der Waals surface area contributed by atoms with Crippen molar-refractivity contribution in [1.82, 2.24) is 20.4 Å². The molecule has 0 spiro atoms. The molecule has 0 aliphatic heterocycles. The number of esters is 1. The summed E-state index contributed by atoms with van der Waals surface area (Å²) in [7, 11) is 1.62. The third kappa shape index (κ3) is 8.52. The highest BCUT2D eigenvalue weighted by molar-refractivity contribution is 5.88. The molecule has 4 aromatic carbocycles. The average molecular weight is 637 g/mol. The van der Waals surface area contributed by atoms with E-state index in [1.807, 2.05) is 84.9 Å². The van der Waals surface area contributed by atoms with Crippen molar-refractivity contribution < 1.29 is 28.4 Å². The van der Waals surface area contributed by atoms with E-state index in [2.05, 4.69) is 15.5 Å². The van der Waals surface area contributed by atoms with Gasteiger partial charge in [-0.3, -0.25) is 4.79 Å². The average Bonchev–Trinajstić information content (AvgIpc) is 3.52. The standard InChI is InChI=1S/C37H40N4O6/c1-23(2)45-35(43)32-39-33(47-40-32)31(22-25-16-18-27-12-8-10-14-29(27)20-25)41(6)34(42)30(38-36(44)46-37(3,4)5)21-24-15-17-26-11-7-9-13-28(26)19-24/h7-20,23,30-31H,21-22H2,1-6H3,(H,38,44)/t30-,31-/m1/s1. The summed E-state index contributed by atoms with van der Waals surface area (Å²) in [5.74, 6) is -1.31. The van der Waals surface area contributed by atoms with E-state index in [9.17, 15) is 14.4 Å². The molecule has 244 valence electrons. The third-order valence-electron chi connectivity index (χ3n) is 7.55. The van der Waals surface area contributed by atoms with E-state index in [4.69, 9.17) is 14.0 Å². The van der Waals surface area contributed by atoms with E-state index in [0.29, 0.717) is 6.42 Å². The van der Waals surface area contributed by atoms with E-state index in [1.165, 1.54) is 4.90 Å². The van der Waals surface area contributed by atoms with Gasteiger partial charge in [-0.15, -0.1) is 0 Å². The van der Waals surface area contributed by atoms with Crippen molar-refractivity contribution >= 4 is 39.5 Å². The van der Waals surface area contributed by atoms with Crippen LogP contribution in [0.3, 0.4) is 0 Å². The Hall–Kier alpha value is -5.25. The normalized spacial score (nSPS) is 12.9. The molecule has 0 bridgehead atoms. The van der Waals surface area contributed by atoms with Gasteiger partial charge in [0.1, 0.15) is 17.7 Å². The molecule has 0 aliphatic rings. The fraction of sp³-hybridized carbons (Fsp3) is 0.324. The first-order chi connectivity index (χ1) is 22.4. The van der Waals surface area contributed by atoms with Gasteiger partial charge in [0.15, 0.2) is 0 Å². The van der Waals surface area contributed by atoms with Crippen molar-refractivity contribution in [2.45, 2.75) is 71.2 Å². The predicted molar refractivity (Wildman–Crippen MR) is 179 cm³/mol. The molecular weight excluding hydrogens is 596 g/mol. The van der Waals surface area contributed by atoms with Gasteiger partial charge in [0.05, 0.1) is 6.10 Å². The lowest BCUT2D eigenvalue weighted by molar-refractivity contribution is -0.135. The van der Waals surface area contributed by atoms with Gasteiger partial charge in [0.2, 0.25) is 11.8 Å². The summed E-state index contributed by atoms with van der Waals surface area (Å²) in [4.78, 5) is 45.8. The Morgan fingerprint density at radius 1 is 0.830 bits per heavy atom. The fourth-order valence-electron chi connectivity index (χ4n) is 5.35. The number of aromatic nitrogens is 2. The zero-order chi connectivity index (χ0) is 33.7. The van der Waals surface area contributed by atoms with Crippen LogP contribution in [0.5, 0.6) is 0 Å². The predicted octanol–water partition coefficient (Wildman–Crippen LogP) is 6.82. The number of nitrogens with zero attached hydrogens (tertiary/aromatic N) is 3. The number of benzene rings is 4. The number of alkyl carbamates (subject to hydrolysis) is 1. The van der Waals surface area contributed by atoms with Crippen LogP contribution in [0.2, 0.25) is 0 Å². The first kappa shape index (κ1) is 33.1. The summed E-state index contributed by atoms with van der Waals surface area (Å²) < 4.78 is 16.4. The number of hydrogen-bond donors (Lipinski definition) is 1. The number of hydrogen-bond acceptors (Lipinski definition) is 8. The van der Waals surface area contributed by atoms with Gasteiger partial charge < -0.3 is 24.2 Å². The van der Waals surface area contributed by atoms with E-state index in [1.54, 1.807) is 41.7 Å². The number of ether oxygens (including phenoxy) is 2. The maximum absolute atomic E-state index is 14.4. The smallest absolute Gasteiger partial charge is 0.408 e. The Balaban J connectivity index is 1.49. The molecule has 0 saturated carbocycles. The maximum Gasteiger partial charge on any atom is 0.408 e. The molecule has 10 nitrogen and oxygen atoms in total. The van der Waals surface area contributed by atoms with Crippen molar-refractivity contribution in [3.8, 4) is 0 Å². The third-order valence-corrected chi connectivity index (χ3v) is 7.55. The summed E-state index contributed by atoms with van der Waals surface area (Å²) in [6.07, 6.45) is -0.598. The van der Waals surface area contributed by atoms with Crippen LogP contribution >= 0.6 is 0 Å². The van der Waals surface area contributed by atoms with E-state index >= 15 is 0 Å². The molecule has 5 rings (SSSR count). The van der Waals surface area contributed by atoms with Gasteiger partial charge in [0.25, 0.3) is 5.82 Å². The second-order valence-electron chi connectivity index (χ2n) is 12.8. The molecule has 1 heterocycles. The molecule has 0 aliphatic carbocycles. The highest BCUT2D eigenvalue weighted by Crippen LogP contribution is 2.27. The molecule has 10 heteroatoms. The van der Waals surface area contributed by atoms with Crippen LogP contribution < -0.4 is 5.32 Å². The largest absolute Gasteiger partial charge is 0.457 e. The number of carbonyl (C=O) groups is 3. The van der Waals surface area contributed by atoms with Crippen LogP contribution in [0.15, 0.2) is 89.5 Å². The Bertz CT molecular complexity index is 1890. The minimum Gasteiger partial charge on any atom is -0.457 e. The van der Waals surface area contributed by atoms with Crippen molar-refractivity contribution in [2.75, 3.05) is 7.05 Å². The molecule has 0 saturated heterocycles. The molecule has 0 unspecified atom stereocenters. The maximum atomic E-state index is 14.4. The molecule has 1 aromatic heterocycles. The summed E-state index contributed by atoms with van der Waals surface area (Å²) >= 11 is 0. The first-order valence-electron chi connectivity index (χ1n) is 15.6. The van der Waals surface area contributed by atoms with Crippen molar-refractivity contribution in [3.05, 3.63) is 108 Å². The molecule has 0 fully saturated rings. The van der Waals surface area contributed by atoms with Crippen LogP contribution in [0.1, 0.15) is 68.3 Å². The van der Waals surface area contributed by atoms with Gasteiger partial charge >= 0.3 is 12.1 Å². The Morgan fingerprint density at radius 2 is 1.38 bits per heavy atom. The molecule has 1 N–H and O–H groups in total. The molecule has 2 amide bonds. The zero-order valence-electron chi connectivity index (χ0n) is 27.5. The minimum atomic E-state index is -0.997. The monoisotopic (exact) mass is 636 g/mol. The van der Waals surface area contributed by atoms with Gasteiger partial charge in [0, 0.05) is 19.9 Å². The van der Waals surface area contributed by atoms with Gasteiger partial charge in [-0.05, 0) is 72.4 Å². The number of amides is 2. The number of nitrogens with one attached hydrogen (secondary N) is 1. The molecule has 0 radical (unpaired) electrons. The van der Waals surface area contributed by atoms with E-state index in [0.717, 1.165) is 32.7 Å². The van der Waals surface area contributed by atoms with Crippen LogP contribution in [0.25, 0.3) is 21.5 Å². The van der Waals surface area contributed by atoms with Crippen molar-refractivity contribution in [1.29, 1.82) is 0 Å². The zero-order valence-corrected chi connectivity index (χ0v) is 27.5. The molecule has 47 heavy (non-hydrogen) atoms. The van der Waals surface area contributed by atoms with Gasteiger partial charge in [-0.2, -0.15) is 4.98 Å². The molecule has 5 aromatic rings. The van der Waals surface area contributed by atoms with Crippen molar-refractivity contribution in [3.63, 3.8) is 0 Å². The number of likely N-dealkylation sites (N-methyl/N-ethyl adjacent to an activating group) is 1. The second-order valence-corrected chi connectivity index (χ2v) is 12.8. The topological polar surface area (TPSA) is 124 Å². The molecule has 2 atom stereocenters. The number of fused-ring (bicyclic) bond motifs is 2. The Kier molecular flexibility index (Phi) is 9.89. The fourth-order valence-corrected chi connectivity index (χ4v) is 5.35. The van der Waals surface area contributed by atoms with E-state index in [-0.39, 0.29) is 24.2 Å². The van der Waals surface area contributed by atoms with Crippen LogP contribution in [-0.4, -0.2) is 57.8 Å². The van der Waals surface area contributed by atoms with E-state index < -0.39 is 35.7 Å². The molecular formula is C37H40N4O6. The first-order valence-corrected chi connectivity index (χ1v) is 15.6. The van der Waals surface area contributed by atoms with Gasteiger partial charge in [-0.1, -0.05) is 84.9 Å². The Labute approximate surface area is 274 Å². The summed E-state index contributed by atoms with van der Waals surface area (Å²) in [6, 6.07) is 26.1. The van der Waals surface area contributed by atoms with Crippen LogP contribution in [-0.2, 0) is 27.1 Å². The van der Waals surface area contributed by atoms with Crippen LogP contribution in [0.4, 0.5) is 4.79 Å².